The predicted molar refractivity (Wildman–Crippen MR) is 83.3 cm³/mol. The molecular weight excluding hydrogens is 302 g/mol. The number of carbonyl (C=O) groups excluding carboxylic acids is 1. The van der Waals surface area contributed by atoms with E-state index in [2.05, 4.69) is 15.4 Å². The molecule has 0 spiro atoms. The molecule has 6 nitrogen and oxygen atoms in total. The molecule has 3 N–H and O–H groups in total. The summed E-state index contributed by atoms with van der Waals surface area (Å²) in [4.78, 5) is 12.0. The molecule has 1 amide bonds. The predicted octanol–water partition coefficient (Wildman–Crippen LogP) is 0.250. The maximum atomic E-state index is 12.3. The smallest absolute Gasteiger partial charge is 0.251 e. The molecule has 0 radical (unpaired) electrons. The second-order valence-electron chi connectivity index (χ2n) is 5.87. The largest absolute Gasteiger partial charge is 0.352 e. The van der Waals surface area contributed by atoms with Crippen molar-refractivity contribution in [1.29, 1.82) is 0 Å². The third-order valence-corrected chi connectivity index (χ3v) is 5.78. The van der Waals surface area contributed by atoms with E-state index in [0.717, 1.165) is 37.9 Å². The lowest BCUT2D eigenvalue weighted by molar-refractivity contribution is 0.0945. The van der Waals surface area contributed by atoms with Crippen molar-refractivity contribution in [3.63, 3.8) is 0 Å². The van der Waals surface area contributed by atoms with Gasteiger partial charge in [0.15, 0.2) is 0 Å². The molecule has 1 saturated heterocycles. The Kier molecular flexibility index (Phi) is 4.46. The van der Waals surface area contributed by atoms with E-state index in [1.54, 1.807) is 12.1 Å². The fourth-order valence-corrected chi connectivity index (χ4v) is 4.07. The summed E-state index contributed by atoms with van der Waals surface area (Å²) in [5, 5.41) is 6.01. The van der Waals surface area contributed by atoms with Crippen LogP contribution in [0.15, 0.2) is 23.1 Å². The molecule has 22 heavy (non-hydrogen) atoms. The van der Waals surface area contributed by atoms with Crippen molar-refractivity contribution in [3.8, 4) is 0 Å². The van der Waals surface area contributed by atoms with E-state index < -0.39 is 10.0 Å². The highest BCUT2D eigenvalue weighted by Gasteiger charge is 2.22. The average Bonchev–Trinajstić information content (AvgIpc) is 3.00. The Morgan fingerprint density at radius 2 is 2.14 bits per heavy atom. The lowest BCUT2D eigenvalue weighted by Gasteiger charge is -2.17. The Hall–Kier alpha value is -1.44. The zero-order chi connectivity index (χ0) is 15.6. The van der Waals surface area contributed by atoms with Crippen molar-refractivity contribution in [2.45, 2.75) is 24.2 Å². The Balaban J connectivity index is 1.69. The van der Waals surface area contributed by atoms with E-state index >= 15 is 0 Å². The first-order valence-electron chi connectivity index (χ1n) is 7.68. The van der Waals surface area contributed by atoms with E-state index in [-0.39, 0.29) is 10.8 Å². The standard InChI is InChI=1S/C15H21N3O3S/c19-15-14-9-13(2-1-12(14)5-7-17-15)22(20,21)18-8-4-11-3-6-16-10-11/h1-2,9,11,16,18H,3-8,10H2,(H,17,19). The highest BCUT2D eigenvalue weighted by Crippen LogP contribution is 2.19. The van der Waals surface area contributed by atoms with Crippen LogP contribution in [-0.2, 0) is 16.4 Å². The second-order valence-corrected chi connectivity index (χ2v) is 7.64. The molecule has 1 aromatic carbocycles. The summed E-state index contributed by atoms with van der Waals surface area (Å²) in [6, 6.07) is 4.80. The number of sulfonamides is 1. The average molecular weight is 323 g/mol. The van der Waals surface area contributed by atoms with Gasteiger partial charge < -0.3 is 10.6 Å². The molecule has 2 aliphatic rings. The minimum atomic E-state index is -3.56. The monoisotopic (exact) mass is 323 g/mol. The lowest BCUT2D eigenvalue weighted by atomic mass is 10.0. The molecule has 2 aliphatic heterocycles. The maximum absolute atomic E-state index is 12.3. The van der Waals surface area contributed by atoms with Crippen molar-refractivity contribution in [1.82, 2.24) is 15.4 Å². The second kappa shape index (κ2) is 6.36. The van der Waals surface area contributed by atoms with Crippen LogP contribution < -0.4 is 15.4 Å². The van der Waals surface area contributed by atoms with Gasteiger partial charge in [-0.1, -0.05) is 6.07 Å². The summed E-state index contributed by atoms with van der Waals surface area (Å²) in [5.41, 5.74) is 1.37. The Morgan fingerprint density at radius 1 is 1.27 bits per heavy atom. The molecule has 0 bridgehead atoms. The summed E-state index contributed by atoms with van der Waals surface area (Å²) in [7, 11) is -3.56. The first-order chi connectivity index (χ1) is 10.6. The summed E-state index contributed by atoms with van der Waals surface area (Å²) < 4.78 is 27.3. The number of hydrogen-bond acceptors (Lipinski definition) is 4. The van der Waals surface area contributed by atoms with Crippen LogP contribution in [0.1, 0.15) is 28.8 Å². The van der Waals surface area contributed by atoms with Gasteiger partial charge in [-0.2, -0.15) is 0 Å². The van der Waals surface area contributed by atoms with Gasteiger partial charge in [-0.3, -0.25) is 4.79 Å². The third kappa shape index (κ3) is 3.31. The molecule has 0 aromatic heterocycles. The van der Waals surface area contributed by atoms with Crippen molar-refractivity contribution in [2.75, 3.05) is 26.2 Å². The number of rotatable bonds is 5. The quantitative estimate of drug-likeness (QED) is 0.725. The number of benzene rings is 1. The molecule has 120 valence electrons. The van der Waals surface area contributed by atoms with Crippen LogP contribution in [0.2, 0.25) is 0 Å². The maximum Gasteiger partial charge on any atom is 0.251 e. The minimum Gasteiger partial charge on any atom is -0.352 e. The van der Waals surface area contributed by atoms with Gasteiger partial charge >= 0.3 is 0 Å². The number of fused-ring (bicyclic) bond motifs is 1. The van der Waals surface area contributed by atoms with Gasteiger partial charge in [0.25, 0.3) is 5.91 Å². The van der Waals surface area contributed by atoms with E-state index in [1.165, 1.54) is 6.07 Å². The Bertz CT molecular complexity index is 667. The molecule has 3 rings (SSSR count). The molecule has 1 atom stereocenters. The van der Waals surface area contributed by atoms with E-state index in [0.29, 0.717) is 24.6 Å². The van der Waals surface area contributed by atoms with Gasteiger partial charge in [-0.25, -0.2) is 13.1 Å². The number of hydrogen-bond donors (Lipinski definition) is 3. The van der Waals surface area contributed by atoms with Crippen LogP contribution in [0, 0.1) is 5.92 Å². The first-order valence-corrected chi connectivity index (χ1v) is 9.16. The minimum absolute atomic E-state index is 0.160. The van der Waals surface area contributed by atoms with Gasteiger partial charge in [0.2, 0.25) is 10.0 Å². The van der Waals surface area contributed by atoms with Crippen LogP contribution in [-0.4, -0.2) is 40.5 Å². The molecular formula is C15H21N3O3S. The Morgan fingerprint density at radius 3 is 2.91 bits per heavy atom. The zero-order valence-electron chi connectivity index (χ0n) is 12.4. The molecule has 7 heteroatoms. The van der Waals surface area contributed by atoms with Crippen molar-refractivity contribution >= 4 is 15.9 Å². The van der Waals surface area contributed by atoms with Crippen molar-refractivity contribution in [3.05, 3.63) is 29.3 Å². The van der Waals surface area contributed by atoms with Crippen LogP contribution in [0.25, 0.3) is 0 Å². The van der Waals surface area contributed by atoms with Gasteiger partial charge in [-0.05, 0) is 56.0 Å². The number of amides is 1. The van der Waals surface area contributed by atoms with Gasteiger partial charge in [-0.15, -0.1) is 0 Å². The summed E-state index contributed by atoms with van der Waals surface area (Å²) in [6.07, 6.45) is 2.67. The van der Waals surface area contributed by atoms with E-state index in [1.807, 2.05) is 0 Å². The van der Waals surface area contributed by atoms with E-state index in [4.69, 9.17) is 0 Å². The first kappa shape index (κ1) is 15.5. The molecule has 2 heterocycles. The summed E-state index contributed by atoms with van der Waals surface area (Å²) in [6.45, 7) is 3.00. The van der Waals surface area contributed by atoms with E-state index in [9.17, 15) is 13.2 Å². The molecule has 0 aliphatic carbocycles. The number of nitrogens with one attached hydrogen (secondary N) is 3. The Labute approximate surface area is 130 Å². The SMILES string of the molecule is O=C1NCCc2ccc(S(=O)(=O)NCCC3CCNC3)cc21. The summed E-state index contributed by atoms with van der Waals surface area (Å²) in [5.74, 6) is 0.340. The molecule has 0 saturated carbocycles. The fraction of sp³-hybridized carbons (Fsp3) is 0.533. The van der Waals surface area contributed by atoms with Gasteiger partial charge in [0.1, 0.15) is 0 Å². The van der Waals surface area contributed by atoms with Gasteiger partial charge in [0, 0.05) is 18.7 Å². The van der Waals surface area contributed by atoms with Gasteiger partial charge in [0.05, 0.1) is 4.90 Å². The van der Waals surface area contributed by atoms with Crippen LogP contribution >= 0.6 is 0 Å². The van der Waals surface area contributed by atoms with Crippen LogP contribution in [0.5, 0.6) is 0 Å². The van der Waals surface area contributed by atoms with Crippen LogP contribution in [0.3, 0.4) is 0 Å². The van der Waals surface area contributed by atoms with Crippen molar-refractivity contribution in [2.24, 2.45) is 5.92 Å². The van der Waals surface area contributed by atoms with Crippen molar-refractivity contribution < 1.29 is 13.2 Å². The number of carbonyl (C=O) groups is 1. The normalized spacial score (nSPS) is 21.5. The highest BCUT2D eigenvalue weighted by molar-refractivity contribution is 7.89. The zero-order valence-corrected chi connectivity index (χ0v) is 13.2. The lowest BCUT2D eigenvalue weighted by Crippen LogP contribution is -2.32. The molecule has 1 fully saturated rings. The topological polar surface area (TPSA) is 87.3 Å². The third-order valence-electron chi connectivity index (χ3n) is 4.32. The fourth-order valence-electron chi connectivity index (χ4n) is 3.00. The highest BCUT2D eigenvalue weighted by atomic mass is 32.2. The summed E-state index contributed by atoms with van der Waals surface area (Å²) >= 11 is 0. The molecule has 1 aromatic rings. The molecule has 1 unspecified atom stereocenters. The van der Waals surface area contributed by atoms with Crippen LogP contribution in [0.4, 0.5) is 0 Å².